The third-order valence-electron chi connectivity index (χ3n) is 2.66. The molecule has 0 aliphatic carbocycles. The van der Waals surface area contributed by atoms with Gasteiger partial charge < -0.3 is 5.11 Å². The van der Waals surface area contributed by atoms with Crippen molar-refractivity contribution in [2.75, 3.05) is 12.3 Å². The third kappa shape index (κ3) is 3.05. The summed E-state index contributed by atoms with van der Waals surface area (Å²) in [5, 5.41) is 8.90. The van der Waals surface area contributed by atoms with E-state index in [0.717, 1.165) is 4.31 Å². The van der Waals surface area contributed by atoms with Crippen LogP contribution in [0.3, 0.4) is 0 Å². The van der Waals surface area contributed by atoms with E-state index in [-0.39, 0.29) is 5.75 Å². The molecule has 1 saturated heterocycles. The number of carbonyl (C=O) groups is 1. The molecule has 1 aliphatic rings. The summed E-state index contributed by atoms with van der Waals surface area (Å²) in [4.78, 5) is 10.9. The number of carboxylic acid groups (broad SMARTS) is 1. The first-order chi connectivity index (χ1) is 7.49. The largest absolute Gasteiger partial charge is 0.480 e. The number of aliphatic carboxylic acids is 1. The molecular weight excluding hydrogens is 230 g/mol. The lowest BCUT2D eigenvalue weighted by Gasteiger charge is -2.20. The molecule has 6 heteroatoms. The van der Waals surface area contributed by atoms with Crippen LogP contribution in [0.2, 0.25) is 0 Å². The lowest BCUT2D eigenvalue weighted by molar-refractivity contribution is -0.140. The van der Waals surface area contributed by atoms with Gasteiger partial charge in [-0.1, -0.05) is 6.08 Å². The Morgan fingerprint density at radius 1 is 1.56 bits per heavy atom. The van der Waals surface area contributed by atoms with Crippen molar-refractivity contribution in [1.82, 2.24) is 4.31 Å². The first-order valence-electron chi connectivity index (χ1n) is 5.32. The summed E-state index contributed by atoms with van der Waals surface area (Å²) in [7, 11) is -3.42. The summed E-state index contributed by atoms with van der Waals surface area (Å²) in [6, 6.07) is -0.867. The molecule has 1 heterocycles. The van der Waals surface area contributed by atoms with Gasteiger partial charge in [-0.05, 0) is 25.7 Å². The molecule has 0 aromatic rings. The second-order valence-corrected chi connectivity index (χ2v) is 5.89. The topological polar surface area (TPSA) is 74.7 Å². The average molecular weight is 247 g/mol. The maximum absolute atomic E-state index is 11.9. The minimum Gasteiger partial charge on any atom is -0.480 e. The Bertz CT molecular complexity index is 363. The quantitative estimate of drug-likeness (QED) is 0.557. The van der Waals surface area contributed by atoms with Gasteiger partial charge in [-0.2, -0.15) is 4.31 Å². The van der Waals surface area contributed by atoms with E-state index in [0.29, 0.717) is 32.2 Å². The molecule has 0 radical (unpaired) electrons. The van der Waals surface area contributed by atoms with Gasteiger partial charge in [-0.3, -0.25) is 4.79 Å². The molecule has 0 saturated carbocycles. The average Bonchev–Trinajstić information content (AvgIpc) is 2.66. The van der Waals surface area contributed by atoms with E-state index in [9.17, 15) is 13.2 Å². The van der Waals surface area contributed by atoms with E-state index in [1.807, 2.05) is 0 Å². The van der Waals surface area contributed by atoms with Crippen LogP contribution in [0, 0.1) is 0 Å². The van der Waals surface area contributed by atoms with Gasteiger partial charge in [0.1, 0.15) is 6.04 Å². The van der Waals surface area contributed by atoms with Crippen molar-refractivity contribution in [2.45, 2.75) is 31.7 Å². The van der Waals surface area contributed by atoms with Crippen LogP contribution in [-0.2, 0) is 14.8 Å². The van der Waals surface area contributed by atoms with Crippen molar-refractivity contribution < 1.29 is 18.3 Å². The number of unbranched alkanes of at least 4 members (excludes halogenated alkanes) is 1. The number of allylic oxidation sites excluding steroid dienone is 1. The molecule has 1 fully saturated rings. The van der Waals surface area contributed by atoms with Crippen molar-refractivity contribution in [1.29, 1.82) is 0 Å². The van der Waals surface area contributed by atoms with Crippen molar-refractivity contribution in [3.05, 3.63) is 12.7 Å². The fourth-order valence-corrected chi connectivity index (χ4v) is 3.60. The van der Waals surface area contributed by atoms with Crippen LogP contribution in [0.25, 0.3) is 0 Å². The molecule has 1 atom stereocenters. The monoisotopic (exact) mass is 247 g/mol. The van der Waals surface area contributed by atoms with Crippen LogP contribution < -0.4 is 0 Å². The Morgan fingerprint density at radius 2 is 2.25 bits per heavy atom. The Balaban J connectivity index is 2.67. The van der Waals surface area contributed by atoms with Crippen LogP contribution in [0.5, 0.6) is 0 Å². The van der Waals surface area contributed by atoms with E-state index in [1.165, 1.54) is 0 Å². The molecule has 5 nitrogen and oxygen atoms in total. The highest BCUT2D eigenvalue weighted by atomic mass is 32.2. The smallest absolute Gasteiger partial charge is 0.322 e. The van der Waals surface area contributed by atoms with Crippen LogP contribution in [0.4, 0.5) is 0 Å². The summed E-state index contributed by atoms with van der Waals surface area (Å²) in [5.74, 6) is -1.05. The second kappa shape index (κ2) is 5.45. The lowest BCUT2D eigenvalue weighted by atomic mass is 10.2. The summed E-state index contributed by atoms with van der Waals surface area (Å²) in [6.45, 7) is 3.85. The minimum atomic E-state index is -3.42. The van der Waals surface area contributed by atoms with E-state index in [1.54, 1.807) is 6.08 Å². The fraction of sp³-hybridized carbons (Fsp3) is 0.700. The first kappa shape index (κ1) is 13.2. The molecule has 0 aromatic carbocycles. The Labute approximate surface area is 95.8 Å². The zero-order chi connectivity index (χ0) is 12.2. The van der Waals surface area contributed by atoms with Gasteiger partial charge in [-0.15, -0.1) is 6.58 Å². The molecule has 0 aromatic heterocycles. The van der Waals surface area contributed by atoms with Gasteiger partial charge in [0.2, 0.25) is 10.0 Å². The van der Waals surface area contributed by atoms with Gasteiger partial charge in [-0.25, -0.2) is 8.42 Å². The molecule has 0 bridgehead atoms. The molecule has 92 valence electrons. The maximum Gasteiger partial charge on any atom is 0.322 e. The van der Waals surface area contributed by atoms with Crippen LogP contribution in [0.1, 0.15) is 25.7 Å². The summed E-state index contributed by atoms with van der Waals surface area (Å²) < 4.78 is 24.8. The van der Waals surface area contributed by atoms with Gasteiger partial charge in [0.05, 0.1) is 5.75 Å². The Hall–Kier alpha value is -0.880. The van der Waals surface area contributed by atoms with Crippen molar-refractivity contribution in [3.8, 4) is 0 Å². The van der Waals surface area contributed by atoms with Gasteiger partial charge >= 0.3 is 5.97 Å². The Kier molecular flexibility index (Phi) is 4.49. The third-order valence-corrected chi connectivity index (χ3v) is 4.61. The standard InChI is InChI=1S/C10H17NO4S/c1-2-3-4-8-16(14,15)11-7-5-6-9(11)10(12)13/h2,9H,1,3-8H2,(H,12,13). The highest BCUT2D eigenvalue weighted by Gasteiger charge is 2.37. The van der Waals surface area contributed by atoms with Crippen LogP contribution in [0.15, 0.2) is 12.7 Å². The molecule has 1 aliphatic heterocycles. The molecule has 1 rings (SSSR count). The van der Waals surface area contributed by atoms with Crippen molar-refractivity contribution >= 4 is 16.0 Å². The summed E-state index contributed by atoms with van der Waals surface area (Å²) >= 11 is 0. The number of hydrogen-bond donors (Lipinski definition) is 1. The molecule has 0 amide bonds. The minimum absolute atomic E-state index is 0.00278. The predicted molar refractivity (Wildman–Crippen MR) is 60.6 cm³/mol. The second-order valence-electron chi connectivity index (χ2n) is 3.85. The van der Waals surface area contributed by atoms with E-state index in [4.69, 9.17) is 5.11 Å². The summed E-state index contributed by atoms with van der Waals surface area (Å²) in [5.41, 5.74) is 0. The van der Waals surface area contributed by atoms with Gasteiger partial charge in [0, 0.05) is 6.54 Å². The molecule has 0 spiro atoms. The SMILES string of the molecule is C=CCCCS(=O)(=O)N1CCCC1C(=O)O. The number of nitrogens with zero attached hydrogens (tertiary/aromatic N) is 1. The molecule has 1 unspecified atom stereocenters. The number of carboxylic acids is 1. The molecule has 1 N–H and O–H groups in total. The normalized spacial score (nSPS) is 22.1. The highest BCUT2D eigenvalue weighted by Crippen LogP contribution is 2.22. The van der Waals surface area contributed by atoms with E-state index >= 15 is 0 Å². The zero-order valence-electron chi connectivity index (χ0n) is 9.13. The highest BCUT2D eigenvalue weighted by molar-refractivity contribution is 7.89. The van der Waals surface area contributed by atoms with Crippen molar-refractivity contribution in [2.24, 2.45) is 0 Å². The fourth-order valence-electron chi connectivity index (χ4n) is 1.85. The maximum atomic E-state index is 11.9. The Morgan fingerprint density at radius 3 is 2.81 bits per heavy atom. The van der Waals surface area contributed by atoms with E-state index in [2.05, 4.69) is 6.58 Å². The number of sulfonamides is 1. The zero-order valence-corrected chi connectivity index (χ0v) is 9.95. The van der Waals surface area contributed by atoms with Gasteiger partial charge in [0.15, 0.2) is 0 Å². The first-order valence-corrected chi connectivity index (χ1v) is 6.93. The number of hydrogen-bond acceptors (Lipinski definition) is 3. The van der Waals surface area contributed by atoms with Gasteiger partial charge in [0.25, 0.3) is 0 Å². The molecule has 16 heavy (non-hydrogen) atoms. The number of rotatable bonds is 6. The van der Waals surface area contributed by atoms with Crippen molar-refractivity contribution in [3.63, 3.8) is 0 Å². The summed E-state index contributed by atoms with van der Waals surface area (Å²) in [6.07, 6.45) is 3.82. The lowest BCUT2D eigenvalue weighted by Crippen LogP contribution is -2.41. The van der Waals surface area contributed by atoms with E-state index < -0.39 is 22.0 Å². The van der Waals surface area contributed by atoms with Crippen LogP contribution >= 0.6 is 0 Å². The molecular formula is C10H17NO4S. The van der Waals surface area contributed by atoms with Crippen LogP contribution in [-0.4, -0.2) is 42.1 Å². The predicted octanol–water partition coefficient (Wildman–Crippen LogP) is 0.831.